The molecule has 0 spiro atoms. The Bertz CT molecular complexity index is 391. The van der Waals surface area contributed by atoms with E-state index in [2.05, 4.69) is 34.0 Å². The fourth-order valence-corrected chi connectivity index (χ4v) is 2.06. The number of nitrogen functional groups attached to an aromatic ring is 1. The van der Waals surface area contributed by atoms with Crippen molar-refractivity contribution in [2.45, 2.75) is 6.92 Å². The molecule has 1 aromatic rings. The third-order valence-corrected chi connectivity index (χ3v) is 3.04. The molecule has 16 heavy (non-hydrogen) atoms. The predicted molar refractivity (Wildman–Crippen MR) is 73.0 cm³/mol. The summed E-state index contributed by atoms with van der Waals surface area (Å²) in [7, 11) is 0. The highest BCUT2D eigenvalue weighted by atomic mass is 127. The van der Waals surface area contributed by atoms with Crippen LogP contribution in [-0.2, 0) is 0 Å². The first-order chi connectivity index (χ1) is 7.58. The molecule has 0 bridgehead atoms. The van der Waals surface area contributed by atoms with Crippen LogP contribution in [0.3, 0.4) is 0 Å². The average Bonchev–Trinajstić information content (AvgIpc) is 2.27. The minimum absolute atomic E-state index is 0.139. The first-order valence-corrected chi connectivity index (χ1v) is 6.00. The standard InChI is InChI=1S/C11H14IN3O/c1-7(6-16)5-15-11-9(12)2-8(4-13)3-10(11)14/h2-3,7,15-16H,5-6,14H2,1H3/t7-/m0/s1. The smallest absolute Gasteiger partial charge is 0.0992 e. The van der Waals surface area contributed by atoms with E-state index in [-0.39, 0.29) is 12.5 Å². The molecule has 0 heterocycles. The van der Waals surface area contributed by atoms with E-state index in [0.29, 0.717) is 17.8 Å². The Hall–Kier alpha value is -1.00. The summed E-state index contributed by atoms with van der Waals surface area (Å²) in [6.45, 7) is 2.74. The summed E-state index contributed by atoms with van der Waals surface area (Å²) < 4.78 is 0.916. The van der Waals surface area contributed by atoms with Crippen LogP contribution in [-0.4, -0.2) is 18.3 Å². The summed E-state index contributed by atoms with van der Waals surface area (Å²) >= 11 is 2.14. The van der Waals surface area contributed by atoms with Crippen molar-refractivity contribution in [3.63, 3.8) is 0 Å². The van der Waals surface area contributed by atoms with E-state index in [9.17, 15) is 0 Å². The minimum atomic E-state index is 0.139. The van der Waals surface area contributed by atoms with Crippen LogP contribution in [0.1, 0.15) is 12.5 Å². The SMILES string of the molecule is C[C@H](CO)CNc1c(N)cc(C#N)cc1I. The Morgan fingerprint density at radius 1 is 1.62 bits per heavy atom. The second-order valence-electron chi connectivity index (χ2n) is 3.70. The van der Waals surface area contributed by atoms with E-state index in [1.54, 1.807) is 12.1 Å². The van der Waals surface area contributed by atoms with Crippen molar-refractivity contribution in [3.8, 4) is 6.07 Å². The van der Waals surface area contributed by atoms with Crippen molar-refractivity contribution in [2.75, 3.05) is 24.2 Å². The lowest BCUT2D eigenvalue weighted by atomic mass is 10.1. The number of halogens is 1. The Labute approximate surface area is 109 Å². The van der Waals surface area contributed by atoms with Crippen molar-refractivity contribution >= 4 is 34.0 Å². The second kappa shape index (κ2) is 5.92. The van der Waals surface area contributed by atoms with Gasteiger partial charge in [-0.05, 0) is 40.6 Å². The second-order valence-corrected chi connectivity index (χ2v) is 4.86. The van der Waals surface area contributed by atoms with E-state index < -0.39 is 0 Å². The van der Waals surface area contributed by atoms with Crippen molar-refractivity contribution in [2.24, 2.45) is 5.92 Å². The summed E-state index contributed by atoms with van der Waals surface area (Å²) in [5.74, 6) is 0.172. The maximum atomic E-state index is 8.92. The number of aliphatic hydroxyl groups is 1. The molecule has 0 aliphatic rings. The van der Waals surface area contributed by atoms with Crippen LogP contribution in [0.25, 0.3) is 0 Å². The van der Waals surface area contributed by atoms with Crippen LogP contribution >= 0.6 is 22.6 Å². The van der Waals surface area contributed by atoms with Crippen LogP contribution in [0, 0.1) is 20.8 Å². The fourth-order valence-electron chi connectivity index (χ4n) is 1.22. The number of aliphatic hydroxyl groups excluding tert-OH is 1. The number of nitriles is 1. The van der Waals surface area contributed by atoms with Gasteiger partial charge in [0.2, 0.25) is 0 Å². The van der Waals surface area contributed by atoms with Gasteiger partial charge in [-0.15, -0.1) is 0 Å². The molecular formula is C11H14IN3O. The molecule has 1 rings (SSSR count). The van der Waals surface area contributed by atoms with Gasteiger partial charge >= 0.3 is 0 Å². The largest absolute Gasteiger partial charge is 0.397 e. The fraction of sp³-hybridized carbons (Fsp3) is 0.364. The van der Waals surface area contributed by atoms with Crippen molar-refractivity contribution < 1.29 is 5.11 Å². The van der Waals surface area contributed by atoms with E-state index in [1.165, 1.54) is 0 Å². The van der Waals surface area contributed by atoms with Crippen molar-refractivity contribution in [3.05, 3.63) is 21.3 Å². The Kier molecular flexibility index (Phi) is 4.83. The molecule has 0 amide bonds. The lowest BCUT2D eigenvalue weighted by Gasteiger charge is -2.14. The zero-order valence-electron chi connectivity index (χ0n) is 9.00. The molecule has 0 aromatic heterocycles. The van der Waals surface area contributed by atoms with Gasteiger partial charge in [0.1, 0.15) is 0 Å². The number of nitrogens with two attached hydrogens (primary N) is 1. The maximum absolute atomic E-state index is 8.92. The summed E-state index contributed by atoms with van der Waals surface area (Å²) in [5.41, 5.74) is 7.80. The number of nitrogens with zero attached hydrogens (tertiary/aromatic N) is 1. The molecule has 0 aliphatic carbocycles. The molecule has 1 atom stereocenters. The molecule has 0 saturated carbocycles. The van der Waals surface area contributed by atoms with Gasteiger partial charge < -0.3 is 16.2 Å². The molecule has 0 radical (unpaired) electrons. The summed E-state index contributed by atoms with van der Waals surface area (Å²) in [4.78, 5) is 0. The topological polar surface area (TPSA) is 82.1 Å². The average molecular weight is 331 g/mol. The van der Waals surface area contributed by atoms with Crippen LogP contribution in [0.5, 0.6) is 0 Å². The highest BCUT2D eigenvalue weighted by Crippen LogP contribution is 2.27. The van der Waals surface area contributed by atoms with Gasteiger partial charge in [0.25, 0.3) is 0 Å². The number of hydrogen-bond acceptors (Lipinski definition) is 4. The lowest BCUT2D eigenvalue weighted by molar-refractivity contribution is 0.244. The summed E-state index contributed by atoms with van der Waals surface area (Å²) in [6.07, 6.45) is 0. The number of rotatable bonds is 4. The third-order valence-electron chi connectivity index (χ3n) is 2.19. The zero-order chi connectivity index (χ0) is 12.1. The van der Waals surface area contributed by atoms with E-state index >= 15 is 0 Å². The number of anilines is 2. The Morgan fingerprint density at radius 2 is 2.31 bits per heavy atom. The number of benzene rings is 1. The van der Waals surface area contributed by atoms with Crippen molar-refractivity contribution in [1.82, 2.24) is 0 Å². The number of hydrogen-bond donors (Lipinski definition) is 3. The first-order valence-electron chi connectivity index (χ1n) is 4.92. The lowest BCUT2D eigenvalue weighted by Crippen LogP contribution is -2.16. The molecule has 4 nitrogen and oxygen atoms in total. The molecule has 0 saturated heterocycles. The third kappa shape index (κ3) is 3.25. The molecule has 4 N–H and O–H groups in total. The van der Waals surface area contributed by atoms with E-state index in [0.717, 1.165) is 9.26 Å². The highest BCUT2D eigenvalue weighted by molar-refractivity contribution is 14.1. The van der Waals surface area contributed by atoms with Gasteiger partial charge in [-0.3, -0.25) is 0 Å². The van der Waals surface area contributed by atoms with Gasteiger partial charge in [0.15, 0.2) is 0 Å². The zero-order valence-corrected chi connectivity index (χ0v) is 11.2. The molecule has 1 aromatic carbocycles. The minimum Gasteiger partial charge on any atom is -0.397 e. The monoisotopic (exact) mass is 331 g/mol. The van der Waals surface area contributed by atoms with Gasteiger partial charge in [0, 0.05) is 16.7 Å². The van der Waals surface area contributed by atoms with Gasteiger partial charge in [-0.1, -0.05) is 6.92 Å². The van der Waals surface area contributed by atoms with Crippen molar-refractivity contribution in [1.29, 1.82) is 5.26 Å². The van der Waals surface area contributed by atoms with Gasteiger partial charge in [0.05, 0.1) is 23.0 Å². The van der Waals surface area contributed by atoms with E-state index in [4.69, 9.17) is 16.1 Å². The van der Waals surface area contributed by atoms with Crippen LogP contribution in [0.2, 0.25) is 0 Å². The molecule has 5 heteroatoms. The van der Waals surface area contributed by atoms with Crippen LogP contribution in [0.15, 0.2) is 12.1 Å². The van der Waals surface area contributed by atoms with Gasteiger partial charge in [-0.25, -0.2) is 0 Å². The number of nitrogens with one attached hydrogen (secondary N) is 1. The molecular weight excluding hydrogens is 317 g/mol. The van der Waals surface area contributed by atoms with Crippen LogP contribution < -0.4 is 11.1 Å². The molecule has 0 fully saturated rings. The highest BCUT2D eigenvalue weighted by Gasteiger charge is 2.08. The summed E-state index contributed by atoms with van der Waals surface area (Å²) in [5, 5.41) is 20.9. The predicted octanol–water partition coefficient (Wildman–Crippen LogP) is 1.79. The van der Waals surface area contributed by atoms with Gasteiger partial charge in [-0.2, -0.15) is 5.26 Å². The normalized spacial score (nSPS) is 11.9. The molecule has 86 valence electrons. The first kappa shape index (κ1) is 13.1. The molecule has 0 aliphatic heterocycles. The van der Waals surface area contributed by atoms with Crippen LogP contribution in [0.4, 0.5) is 11.4 Å². The maximum Gasteiger partial charge on any atom is 0.0992 e. The van der Waals surface area contributed by atoms with E-state index in [1.807, 2.05) is 6.92 Å². The molecule has 0 unspecified atom stereocenters. The quantitative estimate of drug-likeness (QED) is 0.580. The Balaban J connectivity index is 2.85. The summed E-state index contributed by atoms with van der Waals surface area (Å²) in [6, 6.07) is 5.49. The Morgan fingerprint density at radius 3 is 2.81 bits per heavy atom.